The van der Waals surface area contributed by atoms with Gasteiger partial charge in [0.25, 0.3) is 0 Å². The van der Waals surface area contributed by atoms with Gasteiger partial charge in [0.1, 0.15) is 12.2 Å². The summed E-state index contributed by atoms with van der Waals surface area (Å²) in [7, 11) is 0. The largest absolute Gasteiger partial charge is 0.408 e. The topological polar surface area (TPSA) is 47.8 Å². The van der Waals surface area contributed by atoms with E-state index < -0.39 is 12.7 Å². The number of aromatic nitrogens is 3. The summed E-state index contributed by atoms with van der Waals surface area (Å²) in [5.41, 5.74) is 0.882. The van der Waals surface area contributed by atoms with Gasteiger partial charge in [0, 0.05) is 5.39 Å². The van der Waals surface area contributed by atoms with E-state index >= 15 is 0 Å². The quantitative estimate of drug-likeness (QED) is 0.759. The number of halogens is 3. The molecule has 0 saturated carbocycles. The van der Waals surface area contributed by atoms with Crippen LogP contribution in [-0.2, 0) is 6.54 Å². The van der Waals surface area contributed by atoms with Crippen molar-refractivity contribution in [3.05, 3.63) is 23.7 Å². The standard InChI is InChI=1S/C10H8F3N3O/c1-6-8-2-7(4-17)14-3-9(8)16(15-6)5-10(11,12)13/h2-4H,5H2,1H3. The zero-order chi connectivity index (χ0) is 12.6. The first-order valence-electron chi connectivity index (χ1n) is 4.76. The number of hydrogen-bond acceptors (Lipinski definition) is 3. The Morgan fingerprint density at radius 2 is 2.18 bits per heavy atom. The molecule has 4 nitrogen and oxygen atoms in total. The maximum absolute atomic E-state index is 12.3. The summed E-state index contributed by atoms with van der Waals surface area (Å²) in [5.74, 6) is 0. The lowest BCUT2D eigenvalue weighted by atomic mass is 10.2. The van der Waals surface area contributed by atoms with Crippen LogP contribution in [0.1, 0.15) is 16.2 Å². The van der Waals surface area contributed by atoms with Crippen molar-refractivity contribution in [3.8, 4) is 0 Å². The van der Waals surface area contributed by atoms with E-state index in [1.807, 2.05) is 0 Å². The highest BCUT2D eigenvalue weighted by Gasteiger charge is 2.29. The van der Waals surface area contributed by atoms with Crippen LogP contribution >= 0.6 is 0 Å². The third-order valence-corrected chi connectivity index (χ3v) is 2.29. The zero-order valence-electron chi connectivity index (χ0n) is 8.82. The number of nitrogens with zero attached hydrogens (tertiary/aromatic N) is 3. The molecule has 2 rings (SSSR count). The van der Waals surface area contributed by atoms with Crippen LogP contribution in [0.15, 0.2) is 12.3 Å². The summed E-state index contributed by atoms with van der Waals surface area (Å²) in [5, 5.41) is 4.30. The lowest BCUT2D eigenvalue weighted by molar-refractivity contribution is -0.141. The van der Waals surface area contributed by atoms with Crippen molar-refractivity contribution >= 4 is 17.2 Å². The smallest absolute Gasteiger partial charge is 0.296 e. The Labute approximate surface area is 94.1 Å². The maximum Gasteiger partial charge on any atom is 0.408 e. The summed E-state index contributed by atoms with van der Waals surface area (Å²) in [6.45, 7) is 0.420. The fourth-order valence-electron chi connectivity index (χ4n) is 1.60. The highest BCUT2D eigenvalue weighted by molar-refractivity contribution is 5.86. The fraction of sp³-hybridized carbons (Fsp3) is 0.300. The Hall–Kier alpha value is -1.92. The van der Waals surface area contributed by atoms with Gasteiger partial charge in [-0.05, 0) is 13.0 Å². The van der Waals surface area contributed by atoms with Crippen molar-refractivity contribution in [1.29, 1.82) is 0 Å². The number of carbonyl (C=O) groups is 1. The van der Waals surface area contributed by atoms with Gasteiger partial charge >= 0.3 is 6.18 Å². The molecule has 90 valence electrons. The summed E-state index contributed by atoms with van der Waals surface area (Å²) in [6, 6.07) is 1.43. The Kier molecular flexibility index (Phi) is 2.60. The molecule has 0 spiro atoms. The Morgan fingerprint density at radius 1 is 1.47 bits per heavy atom. The Bertz CT molecular complexity index is 574. The monoisotopic (exact) mass is 243 g/mol. The normalized spacial score (nSPS) is 12.0. The second-order valence-corrected chi connectivity index (χ2v) is 3.60. The zero-order valence-corrected chi connectivity index (χ0v) is 8.82. The molecule has 0 bridgehead atoms. The van der Waals surface area contributed by atoms with Gasteiger partial charge < -0.3 is 0 Å². The number of alkyl halides is 3. The van der Waals surface area contributed by atoms with Gasteiger partial charge in [-0.3, -0.25) is 14.5 Å². The van der Waals surface area contributed by atoms with E-state index in [9.17, 15) is 18.0 Å². The van der Waals surface area contributed by atoms with Gasteiger partial charge in [0.05, 0.1) is 17.4 Å². The van der Waals surface area contributed by atoms with Gasteiger partial charge in [-0.2, -0.15) is 18.3 Å². The van der Waals surface area contributed by atoms with Crippen molar-refractivity contribution in [3.63, 3.8) is 0 Å². The third kappa shape index (κ3) is 2.27. The Balaban J connectivity index is 2.56. The minimum absolute atomic E-state index is 0.173. The van der Waals surface area contributed by atoms with E-state index in [-0.39, 0.29) is 11.2 Å². The molecule has 0 saturated heterocycles. The first-order chi connectivity index (χ1) is 7.90. The molecule has 0 radical (unpaired) electrons. The Morgan fingerprint density at radius 3 is 2.76 bits per heavy atom. The lowest BCUT2D eigenvalue weighted by Crippen LogP contribution is -2.18. The van der Waals surface area contributed by atoms with Crippen molar-refractivity contribution in [1.82, 2.24) is 14.8 Å². The number of rotatable bonds is 2. The molecule has 0 aliphatic carbocycles. The lowest BCUT2D eigenvalue weighted by Gasteiger charge is -2.06. The molecule has 2 aromatic rings. The molecular weight excluding hydrogens is 235 g/mol. The fourth-order valence-corrected chi connectivity index (χ4v) is 1.60. The molecule has 0 unspecified atom stereocenters. The van der Waals surface area contributed by atoms with Crippen molar-refractivity contribution in [2.45, 2.75) is 19.6 Å². The number of aryl methyl sites for hydroxylation is 1. The molecule has 0 N–H and O–H groups in total. The van der Waals surface area contributed by atoms with Gasteiger partial charge in [-0.25, -0.2) is 0 Å². The molecular formula is C10H8F3N3O. The van der Waals surface area contributed by atoms with Crippen molar-refractivity contribution in [2.24, 2.45) is 0 Å². The number of pyridine rings is 1. The first-order valence-corrected chi connectivity index (χ1v) is 4.76. The number of fused-ring (bicyclic) bond motifs is 1. The average Bonchev–Trinajstić information content (AvgIpc) is 2.53. The van der Waals surface area contributed by atoms with Crippen LogP contribution < -0.4 is 0 Å². The highest BCUT2D eigenvalue weighted by Crippen LogP contribution is 2.23. The minimum Gasteiger partial charge on any atom is -0.296 e. The first kappa shape index (κ1) is 11.6. The van der Waals surface area contributed by atoms with Crippen LogP contribution in [0, 0.1) is 6.92 Å². The van der Waals surface area contributed by atoms with Gasteiger partial charge in [0.15, 0.2) is 6.29 Å². The molecule has 0 atom stereocenters. The predicted molar refractivity (Wildman–Crippen MR) is 53.7 cm³/mol. The molecule has 0 aliphatic heterocycles. The van der Waals surface area contributed by atoms with Crippen LogP contribution in [0.2, 0.25) is 0 Å². The van der Waals surface area contributed by atoms with Gasteiger partial charge in [0.2, 0.25) is 0 Å². The third-order valence-electron chi connectivity index (χ3n) is 2.29. The molecule has 7 heteroatoms. The SMILES string of the molecule is Cc1nn(CC(F)(F)F)c2cnc(C=O)cc12. The van der Waals surface area contributed by atoms with E-state index in [0.29, 0.717) is 17.4 Å². The molecule has 17 heavy (non-hydrogen) atoms. The molecule has 0 amide bonds. The van der Waals surface area contributed by atoms with E-state index in [1.54, 1.807) is 6.92 Å². The minimum atomic E-state index is -4.34. The average molecular weight is 243 g/mol. The molecule has 0 aromatic carbocycles. The van der Waals surface area contributed by atoms with E-state index in [1.165, 1.54) is 12.3 Å². The number of carbonyl (C=O) groups excluding carboxylic acids is 1. The van der Waals surface area contributed by atoms with E-state index in [4.69, 9.17) is 0 Å². The predicted octanol–water partition coefficient (Wildman–Crippen LogP) is 2.11. The van der Waals surface area contributed by atoms with Crippen LogP contribution in [0.5, 0.6) is 0 Å². The molecule has 2 heterocycles. The summed E-state index contributed by atoms with van der Waals surface area (Å²) in [6.07, 6.45) is -2.57. The van der Waals surface area contributed by atoms with Gasteiger partial charge in [-0.15, -0.1) is 0 Å². The van der Waals surface area contributed by atoms with Crippen LogP contribution in [0.3, 0.4) is 0 Å². The van der Waals surface area contributed by atoms with Crippen LogP contribution in [0.4, 0.5) is 13.2 Å². The van der Waals surface area contributed by atoms with Gasteiger partial charge in [-0.1, -0.05) is 0 Å². The second-order valence-electron chi connectivity index (χ2n) is 3.60. The second kappa shape index (κ2) is 3.83. The van der Waals surface area contributed by atoms with Crippen LogP contribution in [-0.4, -0.2) is 27.2 Å². The van der Waals surface area contributed by atoms with E-state index in [0.717, 1.165) is 4.68 Å². The molecule has 0 aliphatic rings. The summed E-state index contributed by atoms with van der Waals surface area (Å²) >= 11 is 0. The number of hydrogen-bond donors (Lipinski definition) is 0. The molecule has 2 aromatic heterocycles. The van der Waals surface area contributed by atoms with Crippen LogP contribution in [0.25, 0.3) is 10.9 Å². The maximum atomic E-state index is 12.3. The van der Waals surface area contributed by atoms with Crippen molar-refractivity contribution in [2.75, 3.05) is 0 Å². The highest BCUT2D eigenvalue weighted by atomic mass is 19.4. The summed E-state index contributed by atoms with van der Waals surface area (Å²) < 4.78 is 37.7. The molecule has 0 fully saturated rings. The van der Waals surface area contributed by atoms with E-state index in [2.05, 4.69) is 10.1 Å². The number of aldehydes is 1. The van der Waals surface area contributed by atoms with Crippen molar-refractivity contribution < 1.29 is 18.0 Å². The summed E-state index contributed by atoms with van der Waals surface area (Å²) in [4.78, 5) is 14.3.